The van der Waals surface area contributed by atoms with E-state index in [2.05, 4.69) is 280 Å². The minimum absolute atomic E-state index is 0.00248. The summed E-state index contributed by atoms with van der Waals surface area (Å²) in [5, 5.41) is 9.79. The van der Waals surface area contributed by atoms with E-state index in [0.717, 1.165) is 119 Å². The summed E-state index contributed by atoms with van der Waals surface area (Å²) in [5.74, 6) is 1.57. The Balaban J connectivity index is 0.000000706. The molecule has 3 aromatic heterocycles. The van der Waals surface area contributed by atoms with Crippen LogP contribution in [0.15, 0.2) is 104 Å². The summed E-state index contributed by atoms with van der Waals surface area (Å²) in [4.78, 5) is 67.9. The zero-order chi connectivity index (χ0) is 86.1. The number of nitrogens with one attached hydrogen (secondary N) is 3. The third-order valence-corrected chi connectivity index (χ3v) is 21.8. The maximum atomic E-state index is 13.0. The molecular formula is C100H176N8O5. The predicted molar refractivity (Wildman–Crippen MR) is 483 cm³/mol. The molecule has 1 aliphatic rings. The van der Waals surface area contributed by atoms with Crippen molar-refractivity contribution in [3.05, 3.63) is 126 Å². The van der Waals surface area contributed by atoms with E-state index in [1.54, 1.807) is 12.4 Å². The molecule has 0 saturated carbocycles. The van der Waals surface area contributed by atoms with Crippen molar-refractivity contribution < 1.29 is 23.9 Å². The SMILES string of the molecule is CC(C)(C)CCCCC(C(=O)NCc1ccccc1)C(C)(C)C.CC(C)(C)CCCCC(C(=O)NCc1ccccn1)C(C)(C)C.CC(C)(C)CCCCC(C(=O)OCc1ccccn1)C(C)(C)C.CC(C)(C)CCCCC(CNCc1ccccn1)C(C)(C)C.CN1CCN(C(=O)C(CCCCC(C)(C)C)C(C)(C)C)CC1. The molecule has 1 aromatic carbocycles. The second-order valence-corrected chi connectivity index (χ2v) is 44.5. The van der Waals surface area contributed by atoms with Gasteiger partial charge in [0.05, 0.1) is 29.5 Å². The third kappa shape index (κ3) is 53.4. The van der Waals surface area contributed by atoms with Gasteiger partial charge in [0.1, 0.15) is 6.61 Å². The molecule has 0 bridgehead atoms. The zero-order valence-electron chi connectivity index (χ0n) is 79.0. The Bertz CT molecular complexity index is 2910. The predicted octanol–water partition coefficient (Wildman–Crippen LogP) is 25.4. The standard InChI is InChI=1S/C21H35NO.C20H34N2O.C20H36N2.C20H33NO2.C19H38N2O/c1-20(2,3)15-11-10-14-18(21(4,5)6)19(23)22-16-17-12-8-7-9-13-17;1-19(2,3)13-9-7-12-17(20(4,5)6)18(23)22-15-16-11-8-10-14-21-16;1-19(2,3)13-9-7-11-17(20(4,5)6)15-21-16-18-12-8-10-14-22-18;1-19(2,3)13-9-7-12-17(20(4,5)6)18(22)23-15-16-11-8-10-14-21-16;1-18(2,3)11-9-8-10-16(19(4,5)6)17(22)21-14-12-20(7)13-15-21/h7-9,12-13,18H,10-11,14-16H2,1-6H3,(H,22,23);8,10-11,14,17H,7,9,12-13,15H2,1-6H3,(H,22,23);8,10,12,14,17,21H,7,9,11,13,15-16H2,1-6H3;8,10-11,14,17H,7,9,12-13,15H2,1-6H3;16H,8-15H2,1-7H3. The van der Waals surface area contributed by atoms with Crippen LogP contribution >= 0.6 is 0 Å². The van der Waals surface area contributed by atoms with Gasteiger partial charge in [0.15, 0.2) is 0 Å². The summed E-state index contributed by atoms with van der Waals surface area (Å²) < 4.78 is 5.51. The van der Waals surface area contributed by atoms with Crippen LogP contribution in [0.2, 0.25) is 0 Å². The molecule has 5 rings (SSSR count). The number of unbranched alkanes of at least 4 members (excludes halogenated alkanes) is 5. The quantitative estimate of drug-likeness (QED) is 0.0304. The molecule has 4 heterocycles. The summed E-state index contributed by atoms with van der Waals surface area (Å²) in [6.45, 7) is 74.5. The van der Waals surface area contributed by atoms with E-state index in [0.29, 0.717) is 51.5 Å². The molecule has 13 heteroatoms. The van der Waals surface area contributed by atoms with E-state index in [-0.39, 0.29) is 69.7 Å². The van der Waals surface area contributed by atoms with E-state index in [9.17, 15) is 19.2 Å². The molecule has 113 heavy (non-hydrogen) atoms. The van der Waals surface area contributed by atoms with Crippen LogP contribution in [-0.4, -0.2) is 88.2 Å². The van der Waals surface area contributed by atoms with Crippen molar-refractivity contribution in [1.29, 1.82) is 0 Å². The van der Waals surface area contributed by atoms with Gasteiger partial charge in [-0.05, 0) is 180 Å². The largest absolute Gasteiger partial charge is 0.459 e. The second kappa shape index (κ2) is 50.9. The minimum Gasteiger partial charge on any atom is -0.459 e. The molecule has 646 valence electrons. The van der Waals surface area contributed by atoms with Gasteiger partial charge >= 0.3 is 5.97 Å². The first kappa shape index (κ1) is 105. The average Bonchev–Trinajstić information content (AvgIpc) is 0.837. The number of aromatic nitrogens is 3. The Kier molecular flexibility index (Phi) is 47.6. The molecule has 1 fully saturated rings. The van der Waals surface area contributed by atoms with Crippen molar-refractivity contribution in [2.75, 3.05) is 39.8 Å². The number of carbonyl (C=O) groups is 4. The molecule has 0 radical (unpaired) electrons. The van der Waals surface area contributed by atoms with Gasteiger partial charge < -0.3 is 30.5 Å². The number of nitrogens with zero attached hydrogens (tertiary/aromatic N) is 5. The molecule has 5 unspecified atom stereocenters. The van der Waals surface area contributed by atoms with Crippen LogP contribution < -0.4 is 16.0 Å². The Hall–Kier alpha value is -5.53. The van der Waals surface area contributed by atoms with Gasteiger partial charge in [0.2, 0.25) is 17.7 Å². The third-order valence-electron chi connectivity index (χ3n) is 21.8. The summed E-state index contributed by atoms with van der Waals surface area (Å²) in [5.41, 5.74) is 6.28. The molecule has 4 aromatic rings. The number of hydrogen-bond acceptors (Lipinski definition) is 10. The highest BCUT2D eigenvalue weighted by Gasteiger charge is 2.37. The lowest BCUT2D eigenvalue weighted by molar-refractivity contribution is -0.154. The molecule has 3 amide bonds. The van der Waals surface area contributed by atoms with Gasteiger partial charge in [-0.3, -0.25) is 34.1 Å². The molecular weight excluding hydrogens is 1390 g/mol. The number of benzene rings is 1. The number of esters is 1. The van der Waals surface area contributed by atoms with Crippen LogP contribution in [0, 0.1) is 83.7 Å². The summed E-state index contributed by atoms with van der Waals surface area (Å²) in [7, 11) is 2.13. The first-order valence-electron chi connectivity index (χ1n) is 44.1. The number of pyridine rings is 3. The molecule has 1 saturated heterocycles. The van der Waals surface area contributed by atoms with E-state index in [4.69, 9.17) is 4.74 Å². The monoisotopic (exact) mass is 1570 g/mol. The molecule has 13 nitrogen and oxygen atoms in total. The topological polar surface area (TPSA) is 159 Å². The fourth-order valence-corrected chi connectivity index (χ4v) is 14.2. The number of rotatable bonds is 34. The summed E-state index contributed by atoms with van der Waals surface area (Å²) in [6.07, 6.45) is 28.6. The highest BCUT2D eigenvalue weighted by Crippen LogP contribution is 2.38. The van der Waals surface area contributed by atoms with Crippen molar-refractivity contribution in [1.82, 2.24) is 40.7 Å². The lowest BCUT2D eigenvalue weighted by Crippen LogP contribution is -2.50. The Morgan fingerprint density at radius 1 is 0.363 bits per heavy atom. The molecule has 5 atom stereocenters. The van der Waals surface area contributed by atoms with Gasteiger partial charge in [-0.25, -0.2) is 0 Å². The van der Waals surface area contributed by atoms with Crippen LogP contribution in [0.3, 0.4) is 0 Å². The molecule has 1 aliphatic heterocycles. The van der Waals surface area contributed by atoms with Crippen molar-refractivity contribution in [2.45, 2.75) is 362 Å². The number of hydrogen-bond donors (Lipinski definition) is 3. The second-order valence-electron chi connectivity index (χ2n) is 44.5. The first-order valence-corrected chi connectivity index (χ1v) is 44.1. The first-order chi connectivity index (χ1) is 52.0. The van der Waals surface area contributed by atoms with Gasteiger partial charge in [-0.1, -0.05) is 320 Å². The molecule has 0 spiro atoms. The lowest BCUT2D eigenvalue weighted by Gasteiger charge is -2.38. The minimum atomic E-state index is -0.0982. The van der Waals surface area contributed by atoms with Crippen LogP contribution in [0.5, 0.6) is 0 Å². The fourth-order valence-electron chi connectivity index (χ4n) is 14.2. The maximum Gasteiger partial charge on any atom is 0.309 e. The normalized spacial score (nSPS) is 14.8. The van der Waals surface area contributed by atoms with Crippen molar-refractivity contribution in [3.8, 4) is 0 Å². The van der Waals surface area contributed by atoms with Crippen molar-refractivity contribution >= 4 is 23.7 Å². The number of ether oxygens (including phenoxy) is 1. The lowest BCUT2D eigenvalue weighted by atomic mass is 9.76. The summed E-state index contributed by atoms with van der Waals surface area (Å²) in [6, 6.07) is 27.6. The number of likely N-dealkylation sites (N-methyl/N-ethyl adjacent to an activating group) is 1. The van der Waals surface area contributed by atoms with E-state index < -0.39 is 0 Å². The van der Waals surface area contributed by atoms with E-state index in [1.165, 1.54) is 77.0 Å². The van der Waals surface area contributed by atoms with Crippen LogP contribution in [0.1, 0.15) is 359 Å². The Morgan fingerprint density at radius 3 is 1.04 bits per heavy atom. The van der Waals surface area contributed by atoms with E-state index >= 15 is 0 Å². The van der Waals surface area contributed by atoms with Crippen LogP contribution in [-0.2, 0) is 50.2 Å². The summed E-state index contributed by atoms with van der Waals surface area (Å²) >= 11 is 0. The number of piperazine rings is 1. The van der Waals surface area contributed by atoms with Crippen LogP contribution in [0.4, 0.5) is 0 Å². The van der Waals surface area contributed by atoms with Gasteiger partial charge in [-0.2, -0.15) is 0 Å². The van der Waals surface area contributed by atoms with Gasteiger partial charge in [0.25, 0.3) is 0 Å². The zero-order valence-corrected chi connectivity index (χ0v) is 79.0. The number of amides is 3. The average molecular weight is 1570 g/mol. The van der Waals surface area contributed by atoms with Gasteiger partial charge in [-0.15, -0.1) is 0 Å². The fraction of sp³-hybridized carbons (Fsp3) is 0.750. The van der Waals surface area contributed by atoms with Gasteiger partial charge in [0, 0.05) is 75.6 Å². The highest BCUT2D eigenvalue weighted by molar-refractivity contribution is 5.80. The molecule has 3 N–H and O–H groups in total. The van der Waals surface area contributed by atoms with Crippen molar-refractivity contribution in [2.24, 2.45) is 83.7 Å². The maximum absolute atomic E-state index is 13.0. The Morgan fingerprint density at radius 2 is 0.690 bits per heavy atom. The molecule has 0 aliphatic carbocycles. The smallest absolute Gasteiger partial charge is 0.309 e. The number of carbonyl (C=O) groups excluding carboxylic acids is 4. The van der Waals surface area contributed by atoms with Crippen molar-refractivity contribution in [3.63, 3.8) is 0 Å². The van der Waals surface area contributed by atoms with Crippen LogP contribution in [0.25, 0.3) is 0 Å². The highest BCUT2D eigenvalue weighted by atomic mass is 16.5. The Labute approximate surface area is 696 Å². The van der Waals surface area contributed by atoms with E-state index in [1.807, 2.05) is 66.9 Å².